The number of aryl methyl sites for hydroxylation is 2. The predicted molar refractivity (Wildman–Crippen MR) is 106 cm³/mol. The van der Waals surface area contributed by atoms with Crippen LogP contribution in [-0.2, 0) is 17.2 Å². The Kier molecular flexibility index (Phi) is 6.93. The number of aromatic nitrogens is 1. The van der Waals surface area contributed by atoms with Crippen molar-refractivity contribution in [2.45, 2.75) is 21.6 Å². The predicted octanol–water partition coefficient (Wildman–Crippen LogP) is 4.07. The summed E-state index contributed by atoms with van der Waals surface area (Å²) in [7, 11) is -2.17. The number of nitrogens with zero attached hydrogens (tertiary/aromatic N) is 1. The minimum Gasteiger partial charge on any atom is -0.744 e. The molecule has 0 bridgehead atoms. The van der Waals surface area contributed by atoms with E-state index >= 15 is 0 Å². The molecule has 0 N–H and O–H groups in total. The summed E-state index contributed by atoms with van der Waals surface area (Å²) in [6.07, 6.45) is 4.27. The zero-order chi connectivity index (χ0) is 18.6. The molecule has 0 saturated carbocycles. The minimum absolute atomic E-state index is 0.178. The fourth-order valence-corrected chi connectivity index (χ4v) is 5.04. The molecule has 0 aliphatic rings. The van der Waals surface area contributed by atoms with Crippen LogP contribution < -0.4 is 4.57 Å². The smallest absolute Gasteiger partial charge is 0.225 e. The number of benzene rings is 2. The van der Waals surface area contributed by atoms with Gasteiger partial charge in [0.2, 0.25) is 11.0 Å². The van der Waals surface area contributed by atoms with Crippen LogP contribution in [0.25, 0.3) is 10.2 Å². The van der Waals surface area contributed by atoms with Gasteiger partial charge in [-0.2, -0.15) is 4.57 Å². The molecule has 8 heteroatoms. The number of hydrogen-bond acceptors (Lipinski definition) is 6. The summed E-state index contributed by atoms with van der Waals surface area (Å²) in [5.74, 6) is 0. The second-order valence-electron chi connectivity index (χ2n) is 5.28. The van der Waals surface area contributed by atoms with Crippen molar-refractivity contribution in [3.8, 4) is 0 Å². The van der Waals surface area contributed by atoms with Crippen molar-refractivity contribution in [1.82, 2.24) is 0 Å². The van der Waals surface area contributed by atoms with Crippen molar-refractivity contribution in [2.75, 3.05) is 12.5 Å². The van der Waals surface area contributed by atoms with Crippen LogP contribution in [-0.4, -0.2) is 25.5 Å². The molecule has 0 saturated heterocycles. The molecule has 0 atom stereocenters. The summed E-state index contributed by atoms with van der Waals surface area (Å²) in [6, 6.07) is 10.4. The highest BCUT2D eigenvalue weighted by Gasteiger charge is 2.11. The Labute approximate surface area is 161 Å². The molecule has 4 nitrogen and oxygen atoms in total. The summed E-state index contributed by atoms with van der Waals surface area (Å²) in [5.41, 5.74) is 4.41. The monoisotopic (exact) mass is 413 g/mol. The Hall–Kier alpha value is -1.06. The largest absolute Gasteiger partial charge is 0.744 e. The number of thioether (sulfide) groups is 2. The van der Waals surface area contributed by atoms with E-state index < -0.39 is 10.1 Å². The van der Waals surface area contributed by atoms with Crippen LogP contribution in [0.4, 0.5) is 0 Å². The Morgan fingerprint density at radius 2 is 1.60 bits per heavy atom. The molecule has 134 valence electrons. The molecule has 0 amide bonds. The number of thiazole rings is 1. The summed E-state index contributed by atoms with van der Waals surface area (Å²) < 4.78 is 34.7. The van der Waals surface area contributed by atoms with Crippen molar-refractivity contribution in [2.24, 2.45) is 7.05 Å². The maximum atomic E-state index is 10.4. The molecule has 0 fully saturated rings. The van der Waals surface area contributed by atoms with Crippen LogP contribution >= 0.6 is 34.9 Å². The van der Waals surface area contributed by atoms with Crippen molar-refractivity contribution in [1.29, 1.82) is 0 Å². The highest BCUT2D eigenvalue weighted by atomic mass is 32.2. The highest BCUT2D eigenvalue weighted by Crippen LogP contribution is 2.32. The van der Waals surface area contributed by atoms with Crippen LogP contribution in [0.5, 0.6) is 0 Å². The van der Waals surface area contributed by atoms with E-state index in [1.807, 2.05) is 30.4 Å². The van der Waals surface area contributed by atoms with Crippen molar-refractivity contribution < 1.29 is 17.5 Å². The molecule has 0 aliphatic carbocycles. The highest BCUT2D eigenvalue weighted by molar-refractivity contribution is 8.01. The van der Waals surface area contributed by atoms with Gasteiger partial charge in [-0.05, 0) is 37.6 Å². The third-order valence-electron chi connectivity index (χ3n) is 3.49. The second-order valence-corrected chi connectivity index (χ2v) is 9.24. The van der Waals surface area contributed by atoms with Gasteiger partial charge >= 0.3 is 0 Å². The Morgan fingerprint density at radius 1 is 1.04 bits per heavy atom. The van der Waals surface area contributed by atoms with Crippen LogP contribution in [0.2, 0.25) is 0 Å². The fourth-order valence-electron chi connectivity index (χ4n) is 2.12. The number of hydrogen-bond donors (Lipinski definition) is 0. The average molecular weight is 414 g/mol. The van der Waals surface area contributed by atoms with E-state index in [0.29, 0.717) is 0 Å². The number of rotatable bonds is 3. The first-order valence-corrected chi connectivity index (χ1v) is 12.0. The van der Waals surface area contributed by atoms with Gasteiger partial charge in [0.15, 0.2) is 0 Å². The zero-order valence-electron chi connectivity index (χ0n) is 14.3. The Morgan fingerprint density at radius 3 is 2.12 bits per heavy atom. The van der Waals surface area contributed by atoms with E-state index in [4.69, 9.17) is 0 Å². The molecule has 0 radical (unpaired) electrons. The summed E-state index contributed by atoms with van der Waals surface area (Å²) in [5, 5.41) is 0. The van der Waals surface area contributed by atoms with Crippen LogP contribution in [0.1, 0.15) is 5.56 Å². The topological polar surface area (TPSA) is 61.1 Å². The molecule has 0 aliphatic heterocycles. The third kappa shape index (κ3) is 5.21. The van der Waals surface area contributed by atoms with Gasteiger partial charge in [0.25, 0.3) is 0 Å². The third-order valence-corrected chi connectivity index (χ3v) is 7.03. The second kappa shape index (κ2) is 8.55. The van der Waals surface area contributed by atoms with E-state index in [9.17, 15) is 13.0 Å². The van der Waals surface area contributed by atoms with Gasteiger partial charge in [-0.25, -0.2) is 8.42 Å². The molecule has 1 heterocycles. The first-order chi connectivity index (χ1) is 11.8. The lowest BCUT2D eigenvalue weighted by Gasteiger charge is -2.05. The molecule has 3 aromatic rings. The average Bonchev–Trinajstić information content (AvgIpc) is 2.94. The van der Waals surface area contributed by atoms with Gasteiger partial charge in [-0.1, -0.05) is 29.0 Å². The van der Waals surface area contributed by atoms with E-state index in [-0.39, 0.29) is 4.90 Å². The molecule has 2 aromatic carbocycles. The molecular formula is C17H19NO3S4. The lowest BCUT2D eigenvalue weighted by Crippen LogP contribution is -2.24. The van der Waals surface area contributed by atoms with Gasteiger partial charge in [0.05, 0.1) is 4.90 Å². The van der Waals surface area contributed by atoms with Crippen molar-refractivity contribution >= 4 is 55.2 Å². The first-order valence-electron chi connectivity index (χ1n) is 7.27. The van der Waals surface area contributed by atoms with Gasteiger partial charge in [-0.3, -0.25) is 0 Å². The standard InChI is InChI=1S/C10H12NS3.C7H8O3S/c1-11-6-14-8-5-10(13-3)9(12-2)4-7(8)11;1-6-2-4-7(5-3-6)11(8,9)10/h4-6H,1-3H3;2-5H,1H3,(H,8,9,10)/q+1;/p-1. The van der Waals surface area contributed by atoms with Crippen molar-refractivity contribution in [3.63, 3.8) is 0 Å². The van der Waals surface area contributed by atoms with Crippen LogP contribution in [0, 0.1) is 6.92 Å². The summed E-state index contributed by atoms with van der Waals surface area (Å²) >= 11 is 5.44. The number of fused-ring (bicyclic) bond motifs is 1. The molecule has 1 aromatic heterocycles. The quantitative estimate of drug-likeness (QED) is 0.368. The van der Waals surface area contributed by atoms with Gasteiger partial charge in [0.1, 0.15) is 21.9 Å². The fraction of sp³-hybridized carbons (Fsp3) is 0.235. The molecular weight excluding hydrogens is 394 g/mol. The maximum Gasteiger partial charge on any atom is 0.225 e. The summed E-state index contributed by atoms with van der Waals surface area (Å²) in [6.45, 7) is 1.82. The van der Waals surface area contributed by atoms with E-state index in [1.54, 1.807) is 23.5 Å². The normalized spacial score (nSPS) is 11.2. The molecule has 0 unspecified atom stereocenters. The Bertz CT molecular complexity index is 963. The van der Waals surface area contributed by atoms with Crippen molar-refractivity contribution in [3.05, 3.63) is 47.5 Å². The van der Waals surface area contributed by atoms with E-state index in [0.717, 1.165) is 5.56 Å². The lowest BCUT2D eigenvalue weighted by molar-refractivity contribution is -0.640. The maximum absolute atomic E-state index is 10.4. The van der Waals surface area contributed by atoms with E-state index in [1.165, 1.54) is 32.1 Å². The minimum atomic E-state index is -4.27. The van der Waals surface area contributed by atoms with Gasteiger partial charge in [-0.15, -0.1) is 23.5 Å². The molecule has 0 spiro atoms. The Balaban J connectivity index is 0.000000186. The SMILES string of the molecule is CSc1cc2sc[n+](C)c2cc1SC.Cc1ccc(S(=O)(=O)[O-])cc1. The lowest BCUT2D eigenvalue weighted by atomic mass is 10.2. The van der Waals surface area contributed by atoms with Crippen LogP contribution in [0.15, 0.2) is 56.6 Å². The zero-order valence-corrected chi connectivity index (χ0v) is 17.6. The van der Waals surface area contributed by atoms with E-state index in [2.05, 4.69) is 41.8 Å². The van der Waals surface area contributed by atoms with Crippen LogP contribution in [0.3, 0.4) is 0 Å². The van der Waals surface area contributed by atoms with Gasteiger partial charge < -0.3 is 4.55 Å². The molecule has 25 heavy (non-hydrogen) atoms. The molecule has 3 rings (SSSR count). The van der Waals surface area contributed by atoms with Gasteiger partial charge in [0, 0.05) is 15.9 Å². The first kappa shape index (κ1) is 20.3. The summed E-state index contributed by atoms with van der Waals surface area (Å²) in [4.78, 5) is 2.58.